The van der Waals surface area contributed by atoms with Gasteiger partial charge in [0, 0.05) is 26.6 Å². The number of thiazole rings is 1. The maximum Gasteiger partial charge on any atom is 0.251 e. The number of benzene rings is 1. The van der Waals surface area contributed by atoms with E-state index in [0.29, 0.717) is 17.1 Å². The van der Waals surface area contributed by atoms with Crippen molar-refractivity contribution in [1.29, 1.82) is 0 Å². The number of hydrogen-bond acceptors (Lipinski definition) is 3. The first kappa shape index (κ1) is 12.5. The van der Waals surface area contributed by atoms with Crippen LogP contribution in [0.3, 0.4) is 0 Å². The van der Waals surface area contributed by atoms with E-state index in [1.54, 1.807) is 24.4 Å². The molecule has 0 saturated heterocycles. The lowest BCUT2D eigenvalue weighted by molar-refractivity contribution is 0.0951. The molecule has 0 unspecified atom stereocenters. The first-order chi connectivity index (χ1) is 8.15. The minimum absolute atomic E-state index is 0.164. The number of aromatic nitrogens is 1. The number of hydrogen-bond donors (Lipinski definition) is 1. The molecular weight excluding hydrogens is 324 g/mol. The molecule has 2 rings (SSSR count). The second-order valence-electron chi connectivity index (χ2n) is 3.27. The second-order valence-corrected chi connectivity index (χ2v) is 5.60. The van der Waals surface area contributed by atoms with Crippen molar-refractivity contribution in [3.63, 3.8) is 0 Å². The Morgan fingerprint density at radius 3 is 2.94 bits per heavy atom. The van der Waals surface area contributed by atoms with Crippen LogP contribution >= 0.6 is 38.9 Å². The van der Waals surface area contributed by atoms with Gasteiger partial charge in [0.25, 0.3) is 5.91 Å². The Balaban J connectivity index is 2.04. The maximum atomic E-state index is 11.8. The molecule has 0 fully saturated rings. The molecule has 0 saturated carbocycles. The molecule has 1 aromatic carbocycles. The van der Waals surface area contributed by atoms with Crippen LogP contribution in [0.15, 0.2) is 34.2 Å². The van der Waals surface area contributed by atoms with Gasteiger partial charge in [0.05, 0.1) is 6.54 Å². The van der Waals surface area contributed by atoms with Gasteiger partial charge >= 0.3 is 0 Å². The highest BCUT2D eigenvalue weighted by Gasteiger charge is 2.07. The molecule has 0 radical (unpaired) electrons. The maximum absolute atomic E-state index is 11.8. The fourth-order valence-electron chi connectivity index (χ4n) is 1.28. The quantitative estimate of drug-likeness (QED) is 0.935. The van der Waals surface area contributed by atoms with Crippen LogP contribution in [0.5, 0.6) is 0 Å². The number of nitrogens with zero attached hydrogens (tertiary/aromatic N) is 1. The summed E-state index contributed by atoms with van der Waals surface area (Å²) in [5.74, 6) is -0.164. The van der Waals surface area contributed by atoms with E-state index in [1.165, 1.54) is 11.3 Å². The van der Waals surface area contributed by atoms with Gasteiger partial charge in [-0.3, -0.25) is 4.79 Å². The van der Waals surface area contributed by atoms with Crippen LogP contribution in [-0.2, 0) is 6.54 Å². The summed E-state index contributed by atoms with van der Waals surface area (Å²) < 4.78 is 0.782. The molecule has 88 valence electrons. The van der Waals surface area contributed by atoms with Gasteiger partial charge in [0.15, 0.2) is 0 Å². The molecule has 0 aliphatic heterocycles. The molecule has 0 aliphatic rings. The Labute approximate surface area is 116 Å². The summed E-state index contributed by atoms with van der Waals surface area (Å²) >= 11 is 10.7. The van der Waals surface area contributed by atoms with E-state index in [4.69, 9.17) is 11.6 Å². The van der Waals surface area contributed by atoms with Crippen LogP contribution < -0.4 is 5.32 Å². The number of rotatable bonds is 3. The van der Waals surface area contributed by atoms with Gasteiger partial charge < -0.3 is 5.32 Å². The summed E-state index contributed by atoms with van der Waals surface area (Å²) in [6, 6.07) is 5.09. The topological polar surface area (TPSA) is 42.0 Å². The van der Waals surface area contributed by atoms with Crippen LogP contribution in [-0.4, -0.2) is 10.9 Å². The predicted octanol–water partition coefficient (Wildman–Crippen LogP) is 3.49. The van der Waals surface area contributed by atoms with Crippen LogP contribution in [0.1, 0.15) is 15.4 Å². The number of nitrogens with one attached hydrogen (secondary N) is 1. The molecule has 1 N–H and O–H groups in total. The largest absolute Gasteiger partial charge is 0.346 e. The Hall–Kier alpha value is -0.910. The minimum Gasteiger partial charge on any atom is -0.346 e. The molecule has 2 aromatic rings. The van der Waals surface area contributed by atoms with Crippen molar-refractivity contribution >= 4 is 44.8 Å². The molecule has 6 heteroatoms. The Bertz CT molecular complexity index is 510. The molecule has 1 amide bonds. The predicted molar refractivity (Wildman–Crippen MR) is 72.4 cm³/mol. The molecule has 3 nitrogen and oxygen atoms in total. The Kier molecular flexibility index (Phi) is 4.15. The highest BCUT2D eigenvalue weighted by molar-refractivity contribution is 9.10. The lowest BCUT2D eigenvalue weighted by atomic mass is 10.2. The molecular formula is C11H8BrClN2OS. The standard InChI is InChI=1S/C11H8BrClN2OS/c12-8-3-7(4-9(13)5-8)11(16)15-6-10-14-1-2-17-10/h1-5H,6H2,(H,15,16). The summed E-state index contributed by atoms with van der Waals surface area (Å²) in [7, 11) is 0. The average Bonchev–Trinajstić information content (AvgIpc) is 2.77. The second kappa shape index (κ2) is 5.62. The summed E-state index contributed by atoms with van der Waals surface area (Å²) in [5.41, 5.74) is 0.529. The fourth-order valence-corrected chi connectivity index (χ4v) is 2.70. The molecule has 0 aliphatic carbocycles. The minimum atomic E-state index is -0.164. The van der Waals surface area contributed by atoms with E-state index in [1.807, 2.05) is 5.38 Å². The smallest absolute Gasteiger partial charge is 0.251 e. The lowest BCUT2D eigenvalue weighted by Crippen LogP contribution is -2.22. The zero-order valence-corrected chi connectivity index (χ0v) is 11.8. The van der Waals surface area contributed by atoms with E-state index < -0.39 is 0 Å². The van der Waals surface area contributed by atoms with Crippen molar-refractivity contribution in [2.75, 3.05) is 0 Å². The van der Waals surface area contributed by atoms with Gasteiger partial charge in [0.2, 0.25) is 0 Å². The molecule has 0 spiro atoms. The third kappa shape index (κ3) is 3.52. The van der Waals surface area contributed by atoms with Gasteiger partial charge in [-0.15, -0.1) is 11.3 Å². The van der Waals surface area contributed by atoms with Crippen molar-refractivity contribution in [2.24, 2.45) is 0 Å². The van der Waals surface area contributed by atoms with Crippen molar-refractivity contribution in [3.05, 3.63) is 49.8 Å². The van der Waals surface area contributed by atoms with Crippen LogP contribution in [0, 0.1) is 0 Å². The van der Waals surface area contributed by atoms with Crippen LogP contribution in [0.2, 0.25) is 5.02 Å². The normalized spacial score (nSPS) is 10.2. The van der Waals surface area contributed by atoms with Gasteiger partial charge in [-0.2, -0.15) is 0 Å². The van der Waals surface area contributed by atoms with Crippen molar-refractivity contribution in [1.82, 2.24) is 10.3 Å². The van der Waals surface area contributed by atoms with Crippen LogP contribution in [0.4, 0.5) is 0 Å². The molecule has 0 bridgehead atoms. The Morgan fingerprint density at radius 2 is 2.29 bits per heavy atom. The zero-order valence-electron chi connectivity index (χ0n) is 8.61. The molecule has 1 aromatic heterocycles. The van der Waals surface area contributed by atoms with Gasteiger partial charge in [-0.05, 0) is 18.2 Å². The summed E-state index contributed by atoms with van der Waals surface area (Å²) in [6.07, 6.45) is 1.71. The van der Waals surface area contributed by atoms with E-state index in [-0.39, 0.29) is 5.91 Å². The fraction of sp³-hybridized carbons (Fsp3) is 0.0909. The summed E-state index contributed by atoms with van der Waals surface area (Å²) in [4.78, 5) is 15.9. The zero-order chi connectivity index (χ0) is 12.3. The molecule has 1 heterocycles. The van der Waals surface area contributed by atoms with E-state index in [9.17, 15) is 4.79 Å². The van der Waals surface area contributed by atoms with E-state index in [0.717, 1.165) is 9.48 Å². The first-order valence-corrected chi connectivity index (χ1v) is 6.83. The molecule has 0 atom stereocenters. The lowest BCUT2D eigenvalue weighted by Gasteiger charge is -2.04. The third-order valence-corrected chi connectivity index (χ3v) is 3.46. The van der Waals surface area contributed by atoms with Gasteiger partial charge in [-0.1, -0.05) is 27.5 Å². The number of carbonyl (C=O) groups is 1. The Morgan fingerprint density at radius 1 is 1.47 bits per heavy atom. The summed E-state index contributed by atoms with van der Waals surface area (Å²) in [6.45, 7) is 0.431. The van der Waals surface area contributed by atoms with Crippen LogP contribution in [0.25, 0.3) is 0 Å². The van der Waals surface area contributed by atoms with Crippen molar-refractivity contribution < 1.29 is 4.79 Å². The van der Waals surface area contributed by atoms with E-state index in [2.05, 4.69) is 26.2 Å². The molecule has 17 heavy (non-hydrogen) atoms. The highest BCUT2D eigenvalue weighted by Crippen LogP contribution is 2.19. The average molecular weight is 332 g/mol. The monoisotopic (exact) mass is 330 g/mol. The van der Waals surface area contributed by atoms with Gasteiger partial charge in [0.1, 0.15) is 5.01 Å². The van der Waals surface area contributed by atoms with E-state index >= 15 is 0 Å². The number of halogens is 2. The number of amides is 1. The highest BCUT2D eigenvalue weighted by atomic mass is 79.9. The van der Waals surface area contributed by atoms with Crippen molar-refractivity contribution in [3.8, 4) is 0 Å². The SMILES string of the molecule is O=C(NCc1nccs1)c1cc(Cl)cc(Br)c1. The number of carbonyl (C=O) groups excluding carboxylic acids is 1. The van der Waals surface area contributed by atoms with Gasteiger partial charge in [-0.25, -0.2) is 4.98 Å². The third-order valence-electron chi connectivity index (χ3n) is 2.01. The summed E-state index contributed by atoms with van der Waals surface area (Å²) in [5, 5.41) is 6.06. The van der Waals surface area contributed by atoms with Crippen molar-refractivity contribution in [2.45, 2.75) is 6.54 Å². The first-order valence-electron chi connectivity index (χ1n) is 4.78.